The molecule has 16 heteroatoms. The van der Waals surface area contributed by atoms with Crippen LogP contribution in [0.3, 0.4) is 0 Å². The number of likely N-dealkylation sites (tertiary alicyclic amines) is 1. The van der Waals surface area contributed by atoms with Gasteiger partial charge in [0.2, 0.25) is 27.7 Å². The first-order valence-corrected chi connectivity index (χ1v) is 21.2. The van der Waals surface area contributed by atoms with E-state index in [-0.39, 0.29) is 43.9 Å². The summed E-state index contributed by atoms with van der Waals surface area (Å²) >= 11 is 0. The molecular formula is C41H53N5O10S. The van der Waals surface area contributed by atoms with E-state index in [9.17, 15) is 37.5 Å². The summed E-state index contributed by atoms with van der Waals surface area (Å²) in [7, 11) is -2.40. The first kappa shape index (κ1) is 41.6. The van der Waals surface area contributed by atoms with E-state index in [0.29, 0.717) is 29.9 Å². The lowest BCUT2D eigenvalue weighted by atomic mass is 9.97. The number of benzene rings is 1. The van der Waals surface area contributed by atoms with Gasteiger partial charge in [-0.25, -0.2) is 18.2 Å². The number of allylic oxidation sites excluding steroid dienone is 2. The maximum absolute atomic E-state index is 14.9. The van der Waals surface area contributed by atoms with Gasteiger partial charge < -0.3 is 24.8 Å². The van der Waals surface area contributed by atoms with Crippen LogP contribution in [0.2, 0.25) is 0 Å². The van der Waals surface area contributed by atoms with Crippen molar-refractivity contribution < 1.29 is 47.0 Å². The molecule has 2 heterocycles. The molecule has 4 amide bonds. The molecule has 3 aliphatic carbocycles. The Balaban J connectivity index is 1.31. The van der Waals surface area contributed by atoms with Crippen molar-refractivity contribution in [3.05, 3.63) is 55.3 Å². The van der Waals surface area contributed by atoms with E-state index in [4.69, 9.17) is 9.47 Å². The van der Waals surface area contributed by atoms with Crippen LogP contribution in [-0.2, 0) is 29.2 Å². The Morgan fingerprint density at radius 1 is 1.12 bits per heavy atom. The van der Waals surface area contributed by atoms with Crippen LogP contribution < -0.4 is 19.5 Å². The van der Waals surface area contributed by atoms with Crippen LogP contribution in [0.15, 0.2) is 55.3 Å². The lowest BCUT2D eigenvalue weighted by molar-refractivity contribution is -0.144. The number of fused-ring (bicyclic) bond motifs is 1. The van der Waals surface area contributed by atoms with Crippen molar-refractivity contribution in [2.45, 2.75) is 119 Å². The Morgan fingerprint density at radius 2 is 1.84 bits per heavy atom. The molecule has 0 bridgehead atoms. The summed E-state index contributed by atoms with van der Waals surface area (Å²) in [6.07, 6.45) is 9.04. The van der Waals surface area contributed by atoms with Gasteiger partial charge in [0.15, 0.2) is 5.78 Å². The lowest BCUT2D eigenvalue weighted by Gasteiger charge is -2.41. The van der Waals surface area contributed by atoms with Crippen LogP contribution in [0.5, 0.6) is 11.6 Å². The van der Waals surface area contributed by atoms with E-state index in [0.717, 1.165) is 36.0 Å². The molecule has 5 atom stereocenters. The Bertz CT molecular complexity index is 2050. The van der Waals surface area contributed by atoms with Crippen LogP contribution in [0.1, 0.15) is 85.0 Å². The highest BCUT2D eigenvalue weighted by atomic mass is 32.2. The van der Waals surface area contributed by atoms with Crippen molar-refractivity contribution >= 4 is 50.4 Å². The molecule has 0 unspecified atom stereocenters. The number of amides is 4. The molecule has 3 N–H and O–H groups in total. The number of pyridine rings is 1. The minimum Gasteiger partial charge on any atom is -0.497 e. The average molecular weight is 808 g/mol. The molecular weight excluding hydrogens is 755 g/mol. The van der Waals surface area contributed by atoms with Crippen LogP contribution >= 0.6 is 0 Å². The Morgan fingerprint density at radius 3 is 2.46 bits per heavy atom. The molecule has 57 heavy (non-hydrogen) atoms. The summed E-state index contributed by atoms with van der Waals surface area (Å²) in [5.41, 5.74) is -2.71. The van der Waals surface area contributed by atoms with Crippen molar-refractivity contribution in [2.75, 3.05) is 13.7 Å². The van der Waals surface area contributed by atoms with Crippen molar-refractivity contribution in [3.8, 4) is 11.6 Å². The number of methoxy groups -OCH3 is 1. The molecule has 3 saturated carbocycles. The molecule has 0 radical (unpaired) electrons. The van der Waals surface area contributed by atoms with Gasteiger partial charge in [0.05, 0.1) is 18.9 Å². The molecule has 1 saturated heterocycles. The highest BCUT2D eigenvalue weighted by molar-refractivity contribution is 7.91. The molecule has 4 fully saturated rings. The van der Waals surface area contributed by atoms with Gasteiger partial charge >= 0.3 is 6.09 Å². The second-order valence-electron chi connectivity index (χ2n) is 16.6. The van der Waals surface area contributed by atoms with Gasteiger partial charge in [-0.3, -0.25) is 28.8 Å². The van der Waals surface area contributed by atoms with Gasteiger partial charge in [-0.05, 0) is 101 Å². The number of rotatable bonds is 16. The van der Waals surface area contributed by atoms with Crippen molar-refractivity contribution in [2.24, 2.45) is 11.8 Å². The van der Waals surface area contributed by atoms with E-state index >= 15 is 0 Å². The smallest absolute Gasteiger partial charge is 0.408 e. The second-order valence-corrected chi connectivity index (χ2v) is 18.6. The Hall–Kier alpha value is -4.99. The third-order valence-electron chi connectivity index (χ3n) is 11.5. The highest BCUT2D eigenvalue weighted by Gasteiger charge is 2.62. The first-order chi connectivity index (χ1) is 27.0. The molecule has 6 rings (SSSR count). The van der Waals surface area contributed by atoms with Gasteiger partial charge in [-0.1, -0.05) is 25.0 Å². The Labute approximate surface area is 333 Å². The number of ether oxygens (including phenoxy) is 2. The van der Waals surface area contributed by atoms with Gasteiger partial charge in [0.25, 0.3) is 5.91 Å². The van der Waals surface area contributed by atoms with E-state index in [1.165, 1.54) is 17.1 Å². The number of carbonyl (C=O) groups excluding carboxylic acids is 4. The first-order valence-electron chi connectivity index (χ1n) is 19.6. The number of carboxylic acid groups (broad SMARTS) is 1. The third-order valence-corrected chi connectivity index (χ3v) is 13.3. The van der Waals surface area contributed by atoms with Gasteiger partial charge in [-0.2, -0.15) is 0 Å². The van der Waals surface area contributed by atoms with E-state index in [2.05, 4.69) is 21.6 Å². The SMILES string of the molecule is C=C[C@@H]1C[C@]1(NC(=O)[C@@H]1C[C@@H](Oc2nccc3cc(OC)ccc23)CN1C(=O)[C@H](CCC(=O)C=CC1CCCC1)N(C(=O)O)C(C)(C)C)C(=O)NS(=O)(=O)C1CC1. The van der Waals surface area contributed by atoms with Gasteiger partial charge in [0, 0.05) is 35.9 Å². The maximum Gasteiger partial charge on any atom is 0.408 e. The van der Waals surface area contributed by atoms with E-state index in [1.54, 1.807) is 52.3 Å². The largest absolute Gasteiger partial charge is 0.497 e. The van der Waals surface area contributed by atoms with Crippen LogP contribution in [0, 0.1) is 11.8 Å². The second kappa shape index (κ2) is 16.5. The molecule has 2 aromatic rings. The standard InChI is InChI=1S/C41H53N5O10S/c1-6-27-23-41(27,38(50)44-57(53,54)31-15-16-31)43-35(48)34-22-30(56-36-32-17-14-29(55-5)21-26(32)19-20-42-36)24-45(34)37(49)33(46(39(51)52)40(2,3)4)18-13-28(47)12-11-25-9-7-8-10-25/h6,11-12,14,17,19-21,25,27,30-31,33-34H,1,7-10,13,15-16,18,22-24H2,2-5H3,(H,43,48)(H,44,50)(H,51,52)/t27-,30-,33+,34+,41-/m1/s1. The van der Waals surface area contributed by atoms with E-state index in [1.807, 2.05) is 12.1 Å². The minimum absolute atomic E-state index is 0.0685. The minimum atomic E-state index is -3.95. The lowest BCUT2D eigenvalue weighted by Crippen LogP contribution is -2.61. The van der Waals surface area contributed by atoms with Crippen LogP contribution in [0.25, 0.3) is 10.8 Å². The number of nitrogens with one attached hydrogen (secondary N) is 2. The number of aromatic nitrogens is 1. The molecule has 1 aromatic carbocycles. The predicted molar refractivity (Wildman–Crippen MR) is 211 cm³/mol. The fourth-order valence-electron chi connectivity index (χ4n) is 8.10. The predicted octanol–water partition coefficient (Wildman–Crippen LogP) is 4.50. The summed E-state index contributed by atoms with van der Waals surface area (Å²) < 4.78 is 39.4. The van der Waals surface area contributed by atoms with Gasteiger partial charge in [-0.15, -0.1) is 6.58 Å². The third kappa shape index (κ3) is 9.26. The van der Waals surface area contributed by atoms with Crippen molar-refractivity contribution in [1.29, 1.82) is 0 Å². The number of sulfonamides is 1. The zero-order chi connectivity index (χ0) is 41.3. The molecule has 1 aromatic heterocycles. The Kier molecular flexibility index (Phi) is 12.0. The zero-order valence-electron chi connectivity index (χ0n) is 32.9. The zero-order valence-corrected chi connectivity index (χ0v) is 33.8. The number of hydrogen-bond acceptors (Lipinski definition) is 10. The number of nitrogens with zero attached hydrogens (tertiary/aromatic N) is 3. The molecule has 308 valence electrons. The summed E-state index contributed by atoms with van der Waals surface area (Å²) in [5.74, 6) is -2.01. The molecule has 1 aliphatic heterocycles. The molecule has 4 aliphatic rings. The summed E-state index contributed by atoms with van der Waals surface area (Å²) in [5, 5.41) is 14.0. The number of hydrogen-bond donors (Lipinski definition) is 3. The average Bonchev–Trinajstić information content (AvgIpc) is 4.04. The highest BCUT2D eigenvalue weighted by Crippen LogP contribution is 2.45. The maximum atomic E-state index is 14.9. The van der Waals surface area contributed by atoms with Crippen molar-refractivity contribution in [3.63, 3.8) is 0 Å². The van der Waals surface area contributed by atoms with Crippen LogP contribution in [-0.4, -0.2) is 106 Å². The summed E-state index contributed by atoms with van der Waals surface area (Å²) in [6.45, 7) is 8.54. The van der Waals surface area contributed by atoms with Gasteiger partial charge in [0.1, 0.15) is 29.5 Å². The molecule has 0 spiro atoms. The topological polar surface area (TPSA) is 202 Å². The summed E-state index contributed by atoms with van der Waals surface area (Å²) in [4.78, 5) is 75.6. The molecule has 15 nitrogen and oxygen atoms in total. The fourth-order valence-corrected chi connectivity index (χ4v) is 9.46. The number of ketones is 1. The van der Waals surface area contributed by atoms with Crippen LogP contribution in [0.4, 0.5) is 4.79 Å². The normalized spacial score (nSPS) is 24.2. The fraction of sp³-hybridized carbons (Fsp3) is 0.561. The summed E-state index contributed by atoms with van der Waals surface area (Å²) in [6, 6.07) is 4.48. The monoisotopic (exact) mass is 807 g/mol. The van der Waals surface area contributed by atoms with E-state index < -0.39 is 74.3 Å². The quantitative estimate of drug-likeness (QED) is 0.159. The van der Waals surface area contributed by atoms with Crippen molar-refractivity contribution in [1.82, 2.24) is 24.8 Å². The number of carbonyl (C=O) groups is 5.